The first kappa shape index (κ1) is 10.6. The first-order chi connectivity index (χ1) is 5.04. The van der Waals surface area contributed by atoms with Crippen LogP contribution in [0.15, 0.2) is 12.2 Å². The van der Waals surface area contributed by atoms with E-state index in [1.807, 2.05) is 19.0 Å². The van der Waals surface area contributed by atoms with E-state index >= 15 is 0 Å². The quantitative estimate of drug-likeness (QED) is 0.467. The number of hydrogen-bond acceptors (Lipinski definition) is 3. The van der Waals surface area contributed by atoms with E-state index in [0.29, 0.717) is 12.2 Å². The third kappa shape index (κ3) is 6.04. The van der Waals surface area contributed by atoms with Crippen molar-refractivity contribution < 1.29 is 9.84 Å². The van der Waals surface area contributed by atoms with Crippen LogP contribution in [-0.4, -0.2) is 43.5 Å². The Morgan fingerprint density at radius 1 is 1.64 bits per heavy atom. The third-order valence-electron chi connectivity index (χ3n) is 1.24. The van der Waals surface area contributed by atoms with Crippen molar-refractivity contribution in [1.29, 1.82) is 0 Å². The van der Waals surface area contributed by atoms with Crippen molar-refractivity contribution in [3.8, 4) is 0 Å². The molecule has 0 aromatic heterocycles. The van der Waals surface area contributed by atoms with Crippen molar-refractivity contribution in [1.82, 2.24) is 4.90 Å². The Morgan fingerprint density at radius 2 is 2.18 bits per heavy atom. The standard InChI is InChI=1S/C8H17NO2/c1-7(2)8(10)11-6-5-9(3)4/h8,10H,1,5-6H2,2-4H3. The van der Waals surface area contributed by atoms with Gasteiger partial charge in [-0.2, -0.15) is 0 Å². The lowest BCUT2D eigenvalue weighted by Gasteiger charge is -2.13. The van der Waals surface area contributed by atoms with Gasteiger partial charge in [-0.05, 0) is 26.6 Å². The van der Waals surface area contributed by atoms with Crippen LogP contribution >= 0.6 is 0 Å². The largest absolute Gasteiger partial charge is 0.364 e. The summed E-state index contributed by atoms with van der Waals surface area (Å²) < 4.78 is 5.03. The van der Waals surface area contributed by atoms with Gasteiger partial charge in [-0.3, -0.25) is 0 Å². The molecule has 0 amide bonds. The van der Waals surface area contributed by atoms with Gasteiger partial charge in [0.25, 0.3) is 0 Å². The van der Waals surface area contributed by atoms with Gasteiger partial charge in [-0.25, -0.2) is 0 Å². The Kier molecular flexibility index (Phi) is 5.11. The number of ether oxygens (including phenoxy) is 1. The third-order valence-corrected chi connectivity index (χ3v) is 1.24. The van der Waals surface area contributed by atoms with Gasteiger partial charge in [0.1, 0.15) is 0 Å². The summed E-state index contributed by atoms with van der Waals surface area (Å²) in [5, 5.41) is 9.10. The number of aliphatic hydroxyl groups excluding tert-OH is 1. The van der Waals surface area contributed by atoms with E-state index in [9.17, 15) is 0 Å². The summed E-state index contributed by atoms with van der Waals surface area (Å²) in [5.74, 6) is 0. The predicted octanol–water partition coefficient (Wildman–Crippen LogP) is 0.459. The maximum atomic E-state index is 9.10. The summed E-state index contributed by atoms with van der Waals surface area (Å²) in [6, 6.07) is 0. The SMILES string of the molecule is C=C(C)C(O)OCCN(C)C. The molecule has 0 fully saturated rings. The fraction of sp³-hybridized carbons (Fsp3) is 0.750. The van der Waals surface area contributed by atoms with Crippen molar-refractivity contribution in [3.63, 3.8) is 0 Å². The fourth-order valence-corrected chi connectivity index (χ4v) is 0.489. The second-order valence-electron chi connectivity index (χ2n) is 2.87. The first-order valence-electron chi connectivity index (χ1n) is 3.64. The molecule has 0 rings (SSSR count). The van der Waals surface area contributed by atoms with E-state index in [1.165, 1.54) is 0 Å². The number of likely N-dealkylation sites (N-methyl/N-ethyl adjacent to an activating group) is 1. The zero-order valence-electron chi connectivity index (χ0n) is 7.50. The minimum absolute atomic E-state index is 0.529. The first-order valence-corrected chi connectivity index (χ1v) is 3.64. The highest BCUT2D eigenvalue weighted by Gasteiger charge is 2.02. The summed E-state index contributed by atoms with van der Waals surface area (Å²) in [5.41, 5.74) is 0.642. The summed E-state index contributed by atoms with van der Waals surface area (Å²) >= 11 is 0. The minimum atomic E-state index is -0.810. The molecule has 3 nitrogen and oxygen atoms in total. The van der Waals surface area contributed by atoms with E-state index in [0.717, 1.165) is 6.54 Å². The van der Waals surface area contributed by atoms with Gasteiger partial charge in [0, 0.05) is 6.54 Å². The maximum absolute atomic E-state index is 9.10. The molecule has 0 aliphatic rings. The highest BCUT2D eigenvalue weighted by molar-refractivity contribution is 4.91. The molecule has 0 spiro atoms. The normalized spacial score (nSPS) is 13.5. The summed E-state index contributed by atoms with van der Waals surface area (Å²) in [6.45, 7) is 6.64. The van der Waals surface area contributed by atoms with Crippen molar-refractivity contribution in [3.05, 3.63) is 12.2 Å². The lowest BCUT2D eigenvalue weighted by molar-refractivity contribution is -0.0745. The van der Waals surface area contributed by atoms with Crippen LogP contribution in [0.3, 0.4) is 0 Å². The Bertz CT molecular complexity index is 123. The number of rotatable bonds is 5. The highest BCUT2D eigenvalue weighted by atomic mass is 16.6. The zero-order valence-corrected chi connectivity index (χ0v) is 7.50. The van der Waals surface area contributed by atoms with E-state index in [4.69, 9.17) is 9.84 Å². The van der Waals surface area contributed by atoms with Crippen molar-refractivity contribution >= 4 is 0 Å². The minimum Gasteiger partial charge on any atom is -0.364 e. The molecule has 0 radical (unpaired) electrons. The lowest BCUT2D eigenvalue weighted by atomic mass is 10.3. The van der Waals surface area contributed by atoms with Crippen LogP contribution in [0.4, 0.5) is 0 Å². The van der Waals surface area contributed by atoms with Gasteiger partial charge < -0.3 is 14.7 Å². The average molecular weight is 159 g/mol. The van der Waals surface area contributed by atoms with Crippen LogP contribution in [0.1, 0.15) is 6.92 Å². The van der Waals surface area contributed by atoms with Crippen LogP contribution in [-0.2, 0) is 4.74 Å². The van der Waals surface area contributed by atoms with Gasteiger partial charge in [0.15, 0.2) is 6.29 Å². The van der Waals surface area contributed by atoms with Crippen LogP contribution in [0.5, 0.6) is 0 Å². The second-order valence-corrected chi connectivity index (χ2v) is 2.87. The Hall–Kier alpha value is -0.380. The summed E-state index contributed by atoms with van der Waals surface area (Å²) in [6.07, 6.45) is -0.810. The van der Waals surface area contributed by atoms with Crippen molar-refractivity contribution in [2.24, 2.45) is 0 Å². The molecule has 1 N–H and O–H groups in total. The van der Waals surface area contributed by atoms with Gasteiger partial charge in [0.2, 0.25) is 0 Å². The monoisotopic (exact) mass is 159 g/mol. The van der Waals surface area contributed by atoms with Crippen LogP contribution in [0.25, 0.3) is 0 Å². The molecule has 0 aliphatic heterocycles. The number of hydrogen-bond donors (Lipinski definition) is 1. The van der Waals surface area contributed by atoms with Crippen molar-refractivity contribution in [2.75, 3.05) is 27.2 Å². The van der Waals surface area contributed by atoms with E-state index in [2.05, 4.69) is 6.58 Å². The molecule has 66 valence electrons. The number of aliphatic hydroxyl groups is 1. The molecule has 0 aromatic carbocycles. The Balaban J connectivity index is 3.31. The molecule has 0 saturated heterocycles. The zero-order chi connectivity index (χ0) is 8.85. The Labute approximate surface area is 68.3 Å². The molecule has 1 atom stereocenters. The van der Waals surface area contributed by atoms with E-state index in [1.54, 1.807) is 6.92 Å². The van der Waals surface area contributed by atoms with Gasteiger partial charge in [-0.1, -0.05) is 6.58 Å². The smallest absolute Gasteiger partial charge is 0.176 e. The van der Waals surface area contributed by atoms with Crippen LogP contribution < -0.4 is 0 Å². The van der Waals surface area contributed by atoms with Crippen LogP contribution in [0, 0.1) is 0 Å². The number of nitrogens with zero attached hydrogens (tertiary/aromatic N) is 1. The van der Waals surface area contributed by atoms with E-state index in [-0.39, 0.29) is 0 Å². The molecule has 0 heterocycles. The summed E-state index contributed by atoms with van der Waals surface area (Å²) in [7, 11) is 3.91. The molecule has 0 saturated carbocycles. The topological polar surface area (TPSA) is 32.7 Å². The average Bonchev–Trinajstić information content (AvgIpc) is 1.86. The Morgan fingerprint density at radius 3 is 2.55 bits per heavy atom. The molecule has 0 aromatic rings. The molecular weight excluding hydrogens is 142 g/mol. The molecule has 3 heteroatoms. The molecular formula is C8H17NO2. The molecule has 1 unspecified atom stereocenters. The maximum Gasteiger partial charge on any atom is 0.176 e. The molecule has 0 bridgehead atoms. The van der Waals surface area contributed by atoms with Gasteiger partial charge in [0.05, 0.1) is 6.61 Å². The highest BCUT2D eigenvalue weighted by Crippen LogP contribution is 1.98. The fourth-order valence-electron chi connectivity index (χ4n) is 0.489. The van der Waals surface area contributed by atoms with Gasteiger partial charge in [-0.15, -0.1) is 0 Å². The summed E-state index contributed by atoms with van der Waals surface area (Å²) in [4.78, 5) is 1.99. The second kappa shape index (κ2) is 5.29. The van der Waals surface area contributed by atoms with Gasteiger partial charge >= 0.3 is 0 Å². The van der Waals surface area contributed by atoms with E-state index < -0.39 is 6.29 Å². The molecule has 0 aliphatic carbocycles. The van der Waals surface area contributed by atoms with Crippen LogP contribution in [0.2, 0.25) is 0 Å². The van der Waals surface area contributed by atoms with Crippen molar-refractivity contribution in [2.45, 2.75) is 13.2 Å². The predicted molar refractivity (Wildman–Crippen MR) is 45.3 cm³/mol. The molecule has 11 heavy (non-hydrogen) atoms. The lowest BCUT2D eigenvalue weighted by Crippen LogP contribution is -2.22.